The van der Waals surface area contributed by atoms with Gasteiger partial charge in [0.15, 0.2) is 5.41 Å². The molecule has 1 heterocycles. The van der Waals surface area contributed by atoms with Gasteiger partial charge < -0.3 is 10.1 Å². The van der Waals surface area contributed by atoms with Crippen molar-refractivity contribution in [3.8, 4) is 0 Å². The van der Waals surface area contributed by atoms with Gasteiger partial charge in [-0.05, 0) is 50.0 Å². The van der Waals surface area contributed by atoms with Crippen molar-refractivity contribution in [2.75, 3.05) is 6.61 Å². The smallest absolute Gasteiger partial charge is 0.326 e. The molecule has 1 aliphatic heterocycles. The molecule has 0 fully saturated rings. The van der Waals surface area contributed by atoms with Crippen LogP contribution in [0.5, 0.6) is 0 Å². The number of esters is 1. The largest absolute Gasteiger partial charge is 0.465 e. The maximum absolute atomic E-state index is 13.0. The Hall–Kier alpha value is -1.81. The molecule has 136 valence electrons. The minimum atomic E-state index is -1.38. The molecule has 25 heavy (non-hydrogen) atoms. The summed E-state index contributed by atoms with van der Waals surface area (Å²) < 4.78 is 5.46. The summed E-state index contributed by atoms with van der Waals surface area (Å²) in [5.74, 6) is -0.846. The van der Waals surface area contributed by atoms with Crippen molar-refractivity contribution in [3.63, 3.8) is 0 Å². The van der Waals surface area contributed by atoms with Crippen LogP contribution in [0, 0.1) is 5.41 Å². The van der Waals surface area contributed by atoms with Crippen molar-refractivity contribution in [1.82, 2.24) is 5.32 Å². The van der Waals surface area contributed by atoms with Crippen LogP contribution in [0.4, 0.5) is 0 Å². The molecule has 1 aliphatic carbocycles. The van der Waals surface area contributed by atoms with E-state index in [4.69, 9.17) is 16.3 Å². The van der Waals surface area contributed by atoms with E-state index >= 15 is 0 Å². The van der Waals surface area contributed by atoms with E-state index < -0.39 is 16.9 Å². The zero-order valence-corrected chi connectivity index (χ0v) is 16.1. The highest BCUT2D eigenvalue weighted by Crippen LogP contribution is 2.44. The van der Waals surface area contributed by atoms with Crippen LogP contribution in [-0.2, 0) is 14.3 Å². The minimum Gasteiger partial charge on any atom is -0.465 e. The van der Waals surface area contributed by atoms with Crippen LogP contribution in [0.15, 0.2) is 46.6 Å². The molecule has 4 nitrogen and oxygen atoms in total. The first kappa shape index (κ1) is 19.5. The third kappa shape index (κ3) is 3.59. The molecule has 0 saturated heterocycles. The molecule has 0 spiro atoms. The monoisotopic (exact) mass is 363 g/mol. The second-order valence-electron chi connectivity index (χ2n) is 6.90. The molecule has 0 saturated carbocycles. The Bertz CT molecular complexity index is 685. The molecule has 0 aromatic rings. The fraction of sp³-hybridized carbons (Fsp3) is 0.500. The van der Waals surface area contributed by atoms with Gasteiger partial charge in [-0.15, -0.1) is 0 Å². The van der Waals surface area contributed by atoms with Crippen molar-refractivity contribution in [3.05, 3.63) is 46.6 Å². The lowest BCUT2D eigenvalue weighted by atomic mass is 9.67. The van der Waals surface area contributed by atoms with Gasteiger partial charge in [-0.2, -0.15) is 0 Å². The molecule has 0 radical (unpaired) electrons. The van der Waals surface area contributed by atoms with Crippen LogP contribution in [-0.4, -0.2) is 24.0 Å². The number of unbranched alkanes of at least 4 members (excludes halogenated alkanes) is 1. The Morgan fingerprint density at radius 1 is 1.20 bits per heavy atom. The molecular formula is C20H26ClNO3. The van der Waals surface area contributed by atoms with E-state index in [0.717, 1.165) is 18.4 Å². The standard InChI is InChI=1S/C20H26ClNO3/c1-5-7-12-25-18(24)20(6-2)16-13-14(21)10-8-9-11-15(16)19(3,4)22-17(20)23/h8-11,13H,5-7,12H2,1-4H3,(H,22,23)/b9-8?,10-8+,11-9?,14-10?,14-13+,15-11?,16-13?. The Morgan fingerprint density at radius 3 is 2.52 bits per heavy atom. The van der Waals surface area contributed by atoms with Gasteiger partial charge in [0.1, 0.15) is 0 Å². The van der Waals surface area contributed by atoms with Gasteiger partial charge in [-0.1, -0.05) is 50.1 Å². The number of halogens is 1. The Morgan fingerprint density at radius 2 is 1.88 bits per heavy atom. The zero-order chi connectivity index (χ0) is 18.7. The Kier molecular flexibility index (Phi) is 5.94. The van der Waals surface area contributed by atoms with Gasteiger partial charge >= 0.3 is 5.97 Å². The lowest BCUT2D eigenvalue weighted by molar-refractivity contribution is -0.159. The SMILES string of the molecule is CCCCOC(=O)C1(CC)C(=O)NC(C)(C)C2=C1/C=C(Cl)\C=C\C=C2. The summed E-state index contributed by atoms with van der Waals surface area (Å²) in [7, 11) is 0. The van der Waals surface area contributed by atoms with E-state index in [1.807, 2.05) is 45.9 Å². The van der Waals surface area contributed by atoms with Crippen LogP contribution >= 0.6 is 11.6 Å². The fourth-order valence-electron chi connectivity index (χ4n) is 3.26. The van der Waals surface area contributed by atoms with Crippen molar-refractivity contribution >= 4 is 23.5 Å². The second-order valence-corrected chi connectivity index (χ2v) is 7.34. The molecule has 2 aliphatic rings. The number of nitrogens with one attached hydrogen (secondary N) is 1. The van der Waals surface area contributed by atoms with Crippen molar-refractivity contribution in [2.24, 2.45) is 5.41 Å². The maximum Gasteiger partial charge on any atom is 0.326 e. The predicted molar refractivity (Wildman–Crippen MR) is 100 cm³/mol. The van der Waals surface area contributed by atoms with Gasteiger partial charge in [0.05, 0.1) is 12.1 Å². The number of ether oxygens (including phenoxy) is 1. The summed E-state index contributed by atoms with van der Waals surface area (Å²) in [5, 5.41) is 3.46. The molecule has 1 unspecified atom stereocenters. The lowest BCUT2D eigenvalue weighted by Gasteiger charge is -2.43. The molecule has 2 rings (SSSR count). The highest BCUT2D eigenvalue weighted by Gasteiger charge is 2.54. The third-order valence-electron chi connectivity index (χ3n) is 4.76. The van der Waals surface area contributed by atoms with Crippen molar-refractivity contribution < 1.29 is 14.3 Å². The summed E-state index contributed by atoms with van der Waals surface area (Å²) in [6.45, 7) is 7.99. The van der Waals surface area contributed by atoms with Crippen molar-refractivity contribution in [2.45, 2.75) is 52.5 Å². The van der Waals surface area contributed by atoms with Crippen LogP contribution in [0.3, 0.4) is 0 Å². The zero-order valence-electron chi connectivity index (χ0n) is 15.3. The first-order valence-electron chi connectivity index (χ1n) is 8.76. The summed E-state index contributed by atoms with van der Waals surface area (Å²) in [6.07, 6.45) is 11.1. The van der Waals surface area contributed by atoms with E-state index in [-0.39, 0.29) is 5.91 Å². The average Bonchev–Trinajstić information content (AvgIpc) is 2.51. The van der Waals surface area contributed by atoms with Crippen LogP contribution in [0.1, 0.15) is 47.0 Å². The summed E-state index contributed by atoms with van der Waals surface area (Å²) in [4.78, 5) is 26.0. The summed E-state index contributed by atoms with van der Waals surface area (Å²) in [6, 6.07) is 0. The van der Waals surface area contributed by atoms with Crippen molar-refractivity contribution in [1.29, 1.82) is 0 Å². The molecular weight excluding hydrogens is 338 g/mol. The number of hydrogen-bond donors (Lipinski definition) is 1. The highest BCUT2D eigenvalue weighted by atomic mass is 35.5. The number of amides is 1. The minimum absolute atomic E-state index is 0.303. The van der Waals surface area contributed by atoms with E-state index in [0.29, 0.717) is 23.6 Å². The first-order valence-corrected chi connectivity index (χ1v) is 9.14. The first-order chi connectivity index (χ1) is 11.8. The number of carbonyl (C=O) groups excluding carboxylic acids is 2. The van der Waals surface area contributed by atoms with Gasteiger partial charge in [0.2, 0.25) is 5.91 Å². The number of rotatable bonds is 5. The molecule has 0 aromatic carbocycles. The second kappa shape index (κ2) is 7.61. The normalized spacial score (nSPS) is 28.2. The van der Waals surface area contributed by atoms with Gasteiger partial charge in [-0.3, -0.25) is 9.59 Å². The Labute approximate surface area is 154 Å². The van der Waals surface area contributed by atoms with Crippen LogP contribution < -0.4 is 5.32 Å². The van der Waals surface area contributed by atoms with Gasteiger partial charge in [-0.25, -0.2) is 0 Å². The fourth-order valence-corrected chi connectivity index (χ4v) is 3.44. The third-order valence-corrected chi connectivity index (χ3v) is 4.99. The predicted octanol–water partition coefficient (Wildman–Crippen LogP) is 4.18. The summed E-state index contributed by atoms with van der Waals surface area (Å²) in [5.41, 5.74) is -0.502. The lowest BCUT2D eigenvalue weighted by Crippen LogP contribution is -2.60. The quantitative estimate of drug-likeness (QED) is 0.453. The average molecular weight is 364 g/mol. The van der Waals surface area contributed by atoms with E-state index in [1.54, 1.807) is 12.2 Å². The molecule has 1 atom stereocenters. The number of carbonyl (C=O) groups is 2. The highest BCUT2D eigenvalue weighted by molar-refractivity contribution is 6.31. The molecule has 0 aromatic heterocycles. The van der Waals surface area contributed by atoms with Gasteiger partial charge in [0, 0.05) is 5.03 Å². The molecule has 1 amide bonds. The van der Waals surface area contributed by atoms with Crippen LogP contribution in [0.25, 0.3) is 0 Å². The number of hydrogen-bond acceptors (Lipinski definition) is 3. The van der Waals surface area contributed by atoms with E-state index in [2.05, 4.69) is 5.32 Å². The Balaban J connectivity index is 2.64. The summed E-state index contributed by atoms with van der Waals surface area (Å²) >= 11 is 6.29. The topological polar surface area (TPSA) is 55.4 Å². The van der Waals surface area contributed by atoms with E-state index in [9.17, 15) is 9.59 Å². The van der Waals surface area contributed by atoms with E-state index in [1.165, 1.54) is 0 Å². The maximum atomic E-state index is 13.0. The molecule has 0 bridgehead atoms. The number of allylic oxidation sites excluding steroid dienone is 5. The van der Waals surface area contributed by atoms with Crippen LogP contribution in [0.2, 0.25) is 0 Å². The van der Waals surface area contributed by atoms with Gasteiger partial charge in [0.25, 0.3) is 0 Å². The molecule has 1 N–H and O–H groups in total. The molecule has 5 heteroatoms.